The van der Waals surface area contributed by atoms with Crippen molar-refractivity contribution in [2.45, 2.75) is 44.6 Å². The molecule has 1 unspecified atom stereocenters. The van der Waals surface area contributed by atoms with Crippen LogP contribution < -0.4 is 10.6 Å². The average Bonchev–Trinajstić information content (AvgIpc) is 2.80. The molecule has 1 saturated heterocycles. The van der Waals surface area contributed by atoms with Crippen LogP contribution >= 0.6 is 11.3 Å². The molecule has 1 aliphatic heterocycles. The maximum absolute atomic E-state index is 12.0. The Balaban J connectivity index is 2.03. The van der Waals surface area contributed by atoms with Crippen molar-refractivity contribution in [3.63, 3.8) is 0 Å². The van der Waals surface area contributed by atoms with Crippen LogP contribution in [-0.4, -0.2) is 18.5 Å². The molecule has 2 N–H and O–H groups in total. The summed E-state index contributed by atoms with van der Waals surface area (Å²) in [4.78, 5) is 15.0. The van der Waals surface area contributed by atoms with Crippen molar-refractivity contribution in [1.29, 1.82) is 5.26 Å². The first kappa shape index (κ1) is 12.6. The number of hydrogen-bond acceptors (Lipinski definition) is 4. The zero-order valence-electron chi connectivity index (χ0n) is 10.8. The van der Waals surface area contributed by atoms with E-state index in [4.69, 9.17) is 5.73 Å². The second kappa shape index (κ2) is 4.95. The van der Waals surface area contributed by atoms with Gasteiger partial charge in [0.15, 0.2) is 0 Å². The molecule has 2 heterocycles. The van der Waals surface area contributed by atoms with Crippen molar-refractivity contribution in [1.82, 2.24) is 0 Å². The summed E-state index contributed by atoms with van der Waals surface area (Å²) in [5.41, 5.74) is 7.77. The molecule has 1 atom stereocenters. The first-order valence-electron chi connectivity index (χ1n) is 6.81. The normalized spacial score (nSPS) is 23.1. The van der Waals surface area contributed by atoms with Gasteiger partial charge in [-0.2, -0.15) is 5.26 Å². The number of nitriles is 1. The Morgan fingerprint density at radius 3 is 2.79 bits per heavy atom. The van der Waals surface area contributed by atoms with E-state index in [-0.39, 0.29) is 11.9 Å². The number of rotatable bonds is 1. The molecule has 1 aromatic rings. The zero-order chi connectivity index (χ0) is 13.4. The lowest BCUT2D eigenvalue weighted by Gasteiger charge is -2.14. The number of aryl methyl sites for hydroxylation is 1. The molecule has 0 saturated carbocycles. The summed E-state index contributed by atoms with van der Waals surface area (Å²) < 4.78 is 0. The first-order chi connectivity index (χ1) is 9.20. The summed E-state index contributed by atoms with van der Waals surface area (Å²) in [7, 11) is 0. The maximum Gasteiger partial charge on any atom is 0.229 e. The molecule has 1 fully saturated rings. The first-order valence-corrected chi connectivity index (χ1v) is 7.63. The van der Waals surface area contributed by atoms with E-state index in [1.54, 1.807) is 16.2 Å². The third kappa shape index (κ3) is 2.15. The zero-order valence-corrected chi connectivity index (χ0v) is 11.6. The van der Waals surface area contributed by atoms with Crippen LogP contribution in [0.5, 0.6) is 0 Å². The second-order valence-electron chi connectivity index (χ2n) is 5.32. The van der Waals surface area contributed by atoms with Crippen LogP contribution in [0.2, 0.25) is 0 Å². The molecule has 2 aliphatic rings. The number of amides is 1. The van der Waals surface area contributed by atoms with E-state index in [0.717, 1.165) is 29.8 Å². The molecular weight excluding hydrogens is 258 g/mol. The predicted molar refractivity (Wildman–Crippen MR) is 75.2 cm³/mol. The smallest absolute Gasteiger partial charge is 0.229 e. The van der Waals surface area contributed by atoms with Gasteiger partial charge in [-0.1, -0.05) is 6.42 Å². The Labute approximate surface area is 116 Å². The van der Waals surface area contributed by atoms with E-state index in [2.05, 4.69) is 6.07 Å². The van der Waals surface area contributed by atoms with E-state index in [1.165, 1.54) is 23.3 Å². The van der Waals surface area contributed by atoms with Crippen molar-refractivity contribution in [2.75, 3.05) is 11.4 Å². The van der Waals surface area contributed by atoms with Crippen LogP contribution in [0.4, 0.5) is 5.00 Å². The number of fused-ring (bicyclic) bond motifs is 1. The Morgan fingerprint density at radius 2 is 2.11 bits per heavy atom. The Bertz CT molecular complexity index is 558. The SMILES string of the molecule is N#Cc1c(N2CC(N)CC2=O)sc2c1CCCCC2. The second-order valence-corrected chi connectivity index (χ2v) is 6.41. The molecule has 1 aliphatic carbocycles. The molecule has 19 heavy (non-hydrogen) atoms. The third-order valence-corrected chi connectivity index (χ3v) is 5.23. The predicted octanol–water partition coefficient (Wildman–Crippen LogP) is 1.95. The minimum absolute atomic E-state index is 0.0559. The van der Waals surface area contributed by atoms with Crippen molar-refractivity contribution < 1.29 is 4.79 Å². The van der Waals surface area contributed by atoms with E-state index in [9.17, 15) is 10.1 Å². The van der Waals surface area contributed by atoms with Crippen molar-refractivity contribution in [3.8, 4) is 6.07 Å². The maximum atomic E-state index is 12.0. The summed E-state index contributed by atoms with van der Waals surface area (Å²) in [5.74, 6) is 0.0559. The molecule has 1 amide bonds. The minimum Gasteiger partial charge on any atom is -0.326 e. The molecule has 0 bridgehead atoms. The number of nitrogens with zero attached hydrogens (tertiary/aromatic N) is 2. The third-order valence-electron chi connectivity index (χ3n) is 3.91. The fourth-order valence-corrected chi connectivity index (χ4v) is 4.33. The largest absolute Gasteiger partial charge is 0.326 e. The van der Waals surface area contributed by atoms with Crippen LogP contribution in [0.1, 0.15) is 41.7 Å². The standard InChI is InChI=1S/C14H17N3OS/c15-7-11-10-4-2-1-3-5-12(10)19-14(11)17-8-9(16)6-13(17)18/h9H,1-6,8,16H2. The fraction of sp³-hybridized carbons (Fsp3) is 0.571. The van der Waals surface area contributed by atoms with Gasteiger partial charge in [-0.15, -0.1) is 11.3 Å². The highest BCUT2D eigenvalue weighted by molar-refractivity contribution is 7.16. The van der Waals surface area contributed by atoms with Gasteiger partial charge in [0.05, 0.1) is 5.56 Å². The van der Waals surface area contributed by atoms with Crippen molar-refractivity contribution in [2.24, 2.45) is 5.73 Å². The fourth-order valence-electron chi connectivity index (χ4n) is 2.97. The lowest BCUT2D eigenvalue weighted by molar-refractivity contribution is -0.117. The quantitative estimate of drug-likeness (QED) is 0.796. The number of carbonyl (C=O) groups excluding carboxylic acids is 1. The van der Waals surface area contributed by atoms with Crippen LogP contribution in [0.3, 0.4) is 0 Å². The topological polar surface area (TPSA) is 70.1 Å². The Morgan fingerprint density at radius 1 is 1.32 bits per heavy atom. The van der Waals surface area contributed by atoms with Crippen LogP contribution in [0.25, 0.3) is 0 Å². The van der Waals surface area contributed by atoms with Gasteiger partial charge in [0.2, 0.25) is 5.91 Å². The van der Waals surface area contributed by atoms with Crippen molar-refractivity contribution >= 4 is 22.2 Å². The highest BCUT2D eigenvalue weighted by atomic mass is 32.1. The molecule has 0 aromatic carbocycles. The summed E-state index contributed by atoms with van der Waals surface area (Å²) in [6.45, 7) is 0.549. The lowest BCUT2D eigenvalue weighted by atomic mass is 10.1. The molecule has 4 nitrogen and oxygen atoms in total. The van der Waals surface area contributed by atoms with Gasteiger partial charge in [0.1, 0.15) is 11.1 Å². The molecule has 0 spiro atoms. The Kier molecular flexibility index (Phi) is 3.29. The van der Waals surface area contributed by atoms with Crippen LogP contribution in [0, 0.1) is 11.3 Å². The molecule has 0 radical (unpaired) electrons. The van der Waals surface area contributed by atoms with E-state index < -0.39 is 0 Å². The van der Waals surface area contributed by atoms with Gasteiger partial charge in [0.25, 0.3) is 0 Å². The van der Waals surface area contributed by atoms with E-state index in [1.807, 2.05) is 0 Å². The summed E-state index contributed by atoms with van der Waals surface area (Å²) in [5, 5.41) is 10.3. The number of hydrogen-bond donors (Lipinski definition) is 1. The van der Waals surface area contributed by atoms with Gasteiger partial charge in [-0.3, -0.25) is 4.79 Å². The summed E-state index contributed by atoms with van der Waals surface area (Å²) >= 11 is 1.63. The lowest BCUT2D eigenvalue weighted by Crippen LogP contribution is -2.27. The number of nitrogens with two attached hydrogens (primary N) is 1. The molecule has 1 aromatic heterocycles. The van der Waals surface area contributed by atoms with E-state index >= 15 is 0 Å². The van der Waals surface area contributed by atoms with E-state index in [0.29, 0.717) is 13.0 Å². The monoisotopic (exact) mass is 275 g/mol. The van der Waals surface area contributed by atoms with Crippen molar-refractivity contribution in [3.05, 3.63) is 16.0 Å². The number of thiophene rings is 1. The molecular formula is C14H17N3OS. The van der Waals surface area contributed by atoms with Gasteiger partial charge >= 0.3 is 0 Å². The van der Waals surface area contributed by atoms with Gasteiger partial charge < -0.3 is 10.6 Å². The van der Waals surface area contributed by atoms with Gasteiger partial charge in [-0.05, 0) is 31.2 Å². The summed E-state index contributed by atoms with van der Waals surface area (Å²) in [6, 6.07) is 2.22. The average molecular weight is 275 g/mol. The highest BCUT2D eigenvalue weighted by Crippen LogP contribution is 2.40. The molecule has 5 heteroatoms. The van der Waals surface area contributed by atoms with Crippen LogP contribution in [-0.2, 0) is 17.6 Å². The van der Waals surface area contributed by atoms with Crippen LogP contribution in [0.15, 0.2) is 0 Å². The summed E-state index contributed by atoms with van der Waals surface area (Å²) in [6.07, 6.45) is 5.98. The Hall–Kier alpha value is -1.38. The minimum atomic E-state index is -0.0963. The molecule has 3 rings (SSSR count). The van der Waals surface area contributed by atoms with Gasteiger partial charge in [-0.25, -0.2) is 0 Å². The number of anilines is 1. The number of carbonyl (C=O) groups is 1. The highest BCUT2D eigenvalue weighted by Gasteiger charge is 2.32. The molecule has 100 valence electrons. The van der Waals surface area contributed by atoms with Gasteiger partial charge in [0, 0.05) is 23.9 Å².